The zero-order valence-electron chi connectivity index (χ0n) is 14.0. The Balaban J connectivity index is 1.56. The molecule has 0 aliphatic heterocycles. The Morgan fingerprint density at radius 3 is 2.36 bits per heavy atom. The van der Waals surface area contributed by atoms with Crippen molar-refractivity contribution >= 4 is 11.6 Å². The average molecular weight is 353 g/mol. The van der Waals surface area contributed by atoms with E-state index in [2.05, 4.69) is 32.9 Å². The van der Waals surface area contributed by atoms with Crippen molar-refractivity contribution in [3.05, 3.63) is 64.7 Å². The maximum absolute atomic E-state index is 6.20. The third-order valence-electron chi connectivity index (χ3n) is 4.66. The molecular weight excluding hydrogens is 336 g/mol. The van der Waals surface area contributed by atoms with E-state index in [4.69, 9.17) is 16.3 Å². The van der Waals surface area contributed by atoms with E-state index in [-0.39, 0.29) is 0 Å². The van der Waals surface area contributed by atoms with Crippen molar-refractivity contribution in [1.29, 1.82) is 0 Å². The molecule has 1 saturated carbocycles. The molecule has 126 valence electrons. The Morgan fingerprint density at radius 2 is 1.68 bits per heavy atom. The molecule has 5 nitrogen and oxygen atoms in total. The molecule has 3 aromatic rings. The summed E-state index contributed by atoms with van der Waals surface area (Å²) in [7, 11) is 1.65. The lowest BCUT2D eigenvalue weighted by molar-refractivity contribution is 0.411. The van der Waals surface area contributed by atoms with Crippen LogP contribution in [0.15, 0.2) is 43.0 Å². The standard InChI is InChI=1S/C19H17ClN4O/c1-11-13(4-5-16(20)17(11)25-2)15-8-14(15)12-9-23-19(24-10-12)18-21-6-3-7-22-18/h3-7,9-10,14-15H,8H2,1-2H3. The zero-order chi connectivity index (χ0) is 17.4. The summed E-state index contributed by atoms with van der Waals surface area (Å²) >= 11 is 6.20. The number of benzene rings is 1. The molecule has 2 unspecified atom stereocenters. The number of ether oxygens (including phenoxy) is 1. The molecule has 0 bridgehead atoms. The van der Waals surface area contributed by atoms with E-state index < -0.39 is 0 Å². The molecule has 0 radical (unpaired) electrons. The van der Waals surface area contributed by atoms with Crippen molar-refractivity contribution in [2.75, 3.05) is 7.11 Å². The first kappa shape index (κ1) is 16.0. The number of methoxy groups -OCH3 is 1. The monoisotopic (exact) mass is 352 g/mol. The lowest BCUT2D eigenvalue weighted by atomic mass is 10.0. The highest BCUT2D eigenvalue weighted by Gasteiger charge is 2.41. The highest BCUT2D eigenvalue weighted by Crippen LogP contribution is 2.56. The van der Waals surface area contributed by atoms with Gasteiger partial charge in [0.25, 0.3) is 0 Å². The quantitative estimate of drug-likeness (QED) is 0.705. The van der Waals surface area contributed by atoms with Gasteiger partial charge in [0.1, 0.15) is 5.75 Å². The first-order chi connectivity index (χ1) is 12.2. The van der Waals surface area contributed by atoms with Crippen LogP contribution in [-0.2, 0) is 0 Å². The average Bonchev–Trinajstić information content (AvgIpc) is 3.44. The molecule has 0 spiro atoms. The van der Waals surface area contributed by atoms with Crippen LogP contribution in [0, 0.1) is 6.92 Å². The second-order valence-electron chi connectivity index (χ2n) is 6.16. The van der Waals surface area contributed by atoms with E-state index in [0.717, 1.165) is 23.3 Å². The van der Waals surface area contributed by atoms with E-state index in [1.165, 1.54) is 5.56 Å². The van der Waals surface area contributed by atoms with Gasteiger partial charge >= 0.3 is 0 Å². The highest BCUT2D eigenvalue weighted by molar-refractivity contribution is 6.32. The van der Waals surface area contributed by atoms with Gasteiger partial charge < -0.3 is 4.74 Å². The molecule has 4 rings (SSSR count). The Bertz CT molecular complexity index is 899. The number of halogens is 1. The maximum atomic E-state index is 6.20. The van der Waals surface area contributed by atoms with Crippen molar-refractivity contribution in [2.45, 2.75) is 25.2 Å². The summed E-state index contributed by atoms with van der Waals surface area (Å²) in [5, 5.41) is 0.650. The molecule has 2 aromatic heterocycles. The molecule has 1 aromatic carbocycles. The number of hydrogen-bond donors (Lipinski definition) is 0. The van der Waals surface area contributed by atoms with E-state index in [9.17, 15) is 0 Å². The summed E-state index contributed by atoms with van der Waals surface area (Å²) < 4.78 is 5.43. The summed E-state index contributed by atoms with van der Waals surface area (Å²) in [5.41, 5.74) is 3.53. The Hall–Kier alpha value is -2.53. The van der Waals surface area contributed by atoms with Gasteiger partial charge in [-0.25, -0.2) is 19.9 Å². The highest BCUT2D eigenvalue weighted by atomic mass is 35.5. The fraction of sp³-hybridized carbons (Fsp3) is 0.263. The van der Waals surface area contributed by atoms with E-state index in [1.54, 1.807) is 25.6 Å². The van der Waals surface area contributed by atoms with Crippen LogP contribution in [0.4, 0.5) is 0 Å². The van der Waals surface area contributed by atoms with Crippen LogP contribution in [-0.4, -0.2) is 27.0 Å². The van der Waals surface area contributed by atoms with Gasteiger partial charge in [-0.05, 0) is 54.0 Å². The maximum Gasteiger partial charge on any atom is 0.197 e. The van der Waals surface area contributed by atoms with Gasteiger partial charge in [0.15, 0.2) is 11.6 Å². The first-order valence-corrected chi connectivity index (χ1v) is 8.49. The summed E-state index contributed by atoms with van der Waals surface area (Å²) in [4.78, 5) is 17.2. The number of nitrogens with zero attached hydrogens (tertiary/aromatic N) is 4. The van der Waals surface area contributed by atoms with Crippen LogP contribution >= 0.6 is 11.6 Å². The van der Waals surface area contributed by atoms with Crippen LogP contribution in [0.1, 0.15) is 34.9 Å². The Kier molecular flexibility index (Phi) is 4.09. The lowest BCUT2D eigenvalue weighted by Gasteiger charge is -2.12. The molecule has 0 N–H and O–H groups in total. The lowest BCUT2D eigenvalue weighted by Crippen LogP contribution is -1.97. The van der Waals surface area contributed by atoms with E-state index in [0.29, 0.717) is 28.5 Å². The summed E-state index contributed by atoms with van der Waals surface area (Å²) in [6.07, 6.45) is 8.22. The number of rotatable bonds is 4. The van der Waals surface area contributed by atoms with Gasteiger partial charge in [-0.15, -0.1) is 0 Å². The predicted octanol–water partition coefficient (Wildman–Crippen LogP) is 4.18. The van der Waals surface area contributed by atoms with Gasteiger partial charge in [0.05, 0.1) is 12.1 Å². The molecule has 1 aliphatic carbocycles. The van der Waals surface area contributed by atoms with Crippen LogP contribution in [0.2, 0.25) is 5.02 Å². The van der Waals surface area contributed by atoms with Crippen molar-refractivity contribution in [2.24, 2.45) is 0 Å². The molecule has 2 atom stereocenters. The molecular formula is C19H17ClN4O. The molecule has 25 heavy (non-hydrogen) atoms. The molecule has 0 amide bonds. The van der Waals surface area contributed by atoms with Crippen LogP contribution in [0.5, 0.6) is 5.75 Å². The first-order valence-electron chi connectivity index (χ1n) is 8.11. The minimum absolute atomic E-state index is 0.426. The van der Waals surface area contributed by atoms with Crippen molar-refractivity contribution in [3.8, 4) is 17.4 Å². The largest absolute Gasteiger partial charge is 0.495 e. The minimum Gasteiger partial charge on any atom is -0.495 e. The third-order valence-corrected chi connectivity index (χ3v) is 4.96. The number of aromatic nitrogens is 4. The normalized spacial score (nSPS) is 18.8. The second-order valence-corrected chi connectivity index (χ2v) is 6.56. The fourth-order valence-electron chi connectivity index (χ4n) is 3.29. The molecule has 1 fully saturated rings. The minimum atomic E-state index is 0.426. The van der Waals surface area contributed by atoms with Gasteiger partial charge in [0, 0.05) is 24.8 Å². The van der Waals surface area contributed by atoms with E-state index in [1.807, 2.05) is 18.5 Å². The Labute approximate surface area is 151 Å². The van der Waals surface area contributed by atoms with Crippen molar-refractivity contribution in [1.82, 2.24) is 19.9 Å². The summed E-state index contributed by atoms with van der Waals surface area (Å²) in [6, 6.07) is 5.78. The smallest absolute Gasteiger partial charge is 0.197 e. The van der Waals surface area contributed by atoms with Crippen LogP contribution in [0.25, 0.3) is 11.6 Å². The molecule has 6 heteroatoms. The van der Waals surface area contributed by atoms with Crippen LogP contribution < -0.4 is 4.74 Å². The topological polar surface area (TPSA) is 60.8 Å². The summed E-state index contributed by atoms with van der Waals surface area (Å²) in [5.74, 6) is 2.73. The van der Waals surface area contributed by atoms with Crippen molar-refractivity contribution in [3.63, 3.8) is 0 Å². The van der Waals surface area contributed by atoms with Gasteiger partial charge in [-0.2, -0.15) is 0 Å². The number of hydrogen-bond acceptors (Lipinski definition) is 5. The van der Waals surface area contributed by atoms with Gasteiger partial charge in [-0.1, -0.05) is 17.7 Å². The van der Waals surface area contributed by atoms with Crippen LogP contribution in [0.3, 0.4) is 0 Å². The fourth-order valence-corrected chi connectivity index (χ4v) is 3.57. The van der Waals surface area contributed by atoms with E-state index >= 15 is 0 Å². The Morgan fingerprint density at radius 1 is 1.00 bits per heavy atom. The molecule has 0 saturated heterocycles. The third kappa shape index (κ3) is 2.96. The molecule has 2 heterocycles. The SMILES string of the molecule is COc1c(Cl)ccc(C2CC2c2cnc(-c3ncccn3)nc2)c1C. The zero-order valence-corrected chi connectivity index (χ0v) is 14.7. The van der Waals surface area contributed by atoms with Crippen molar-refractivity contribution < 1.29 is 4.74 Å². The summed E-state index contributed by atoms with van der Waals surface area (Å²) in [6.45, 7) is 2.06. The van der Waals surface area contributed by atoms with Gasteiger partial charge in [0.2, 0.25) is 0 Å². The molecule has 1 aliphatic rings. The second kappa shape index (κ2) is 6.41. The predicted molar refractivity (Wildman–Crippen MR) is 95.9 cm³/mol. The van der Waals surface area contributed by atoms with Gasteiger partial charge in [-0.3, -0.25) is 0 Å².